The number of hydrogen-bond acceptors (Lipinski definition) is 4. The van der Waals surface area contributed by atoms with E-state index < -0.39 is 0 Å². The summed E-state index contributed by atoms with van der Waals surface area (Å²) < 4.78 is 5.85. The van der Waals surface area contributed by atoms with Crippen LogP contribution in [-0.2, 0) is 11.2 Å². The fraction of sp³-hybridized carbons (Fsp3) is 0.692. The van der Waals surface area contributed by atoms with Crippen molar-refractivity contribution in [3.8, 4) is 0 Å². The predicted octanol–water partition coefficient (Wildman–Crippen LogP) is 2.33. The zero-order valence-electron chi connectivity index (χ0n) is 10.4. The van der Waals surface area contributed by atoms with Gasteiger partial charge in [0.2, 0.25) is 0 Å². The summed E-state index contributed by atoms with van der Waals surface area (Å²) in [6.45, 7) is 2.83. The lowest BCUT2D eigenvalue weighted by Gasteiger charge is -2.26. The Morgan fingerprint density at radius 3 is 2.94 bits per heavy atom. The fourth-order valence-electron chi connectivity index (χ4n) is 2.30. The van der Waals surface area contributed by atoms with E-state index in [0.717, 1.165) is 25.4 Å². The molecule has 0 aromatic carbocycles. The average Bonchev–Trinajstić information content (AvgIpc) is 3.05. The summed E-state index contributed by atoms with van der Waals surface area (Å²) in [4.78, 5) is 0. The topological polar surface area (TPSA) is 47.3 Å². The molecule has 0 spiro atoms. The Kier molecular flexibility index (Phi) is 4.98. The van der Waals surface area contributed by atoms with Crippen molar-refractivity contribution in [3.63, 3.8) is 0 Å². The van der Waals surface area contributed by atoms with Crippen molar-refractivity contribution >= 4 is 11.3 Å². The molecule has 1 heterocycles. The number of thiophene rings is 1. The van der Waals surface area contributed by atoms with Crippen LogP contribution in [0, 0.1) is 5.92 Å². The van der Waals surface area contributed by atoms with Crippen LogP contribution in [0.5, 0.6) is 0 Å². The molecule has 4 heteroatoms. The molecule has 96 valence electrons. The molecule has 0 amide bonds. The second-order valence-electron chi connectivity index (χ2n) is 4.70. The van der Waals surface area contributed by atoms with E-state index in [4.69, 9.17) is 10.6 Å². The first-order valence-electron chi connectivity index (χ1n) is 6.44. The number of nitrogens with one attached hydrogen (secondary N) is 1. The Balaban J connectivity index is 1.85. The highest BCUT2D eigenvalue weighted by molar-refractivity contribution is 7.07. The van der Waals surface area contributed by atoms with Gasteiger partial charge in [-0.3, -0.25) is 11.3 Å². The Hall–Kier alpha value is -0.420. The molecule has 1 saturated carbocycles. The molecule has 0 aliphatic heterocycles. The van der Waals surface area contributed by atoms with Crippen LogP contribution >= 0.6 is 11.3 Å². The van der Waals surface area contributed by atoms with Crippen LogP contribution < -0.4 is 11.3 Å². The molecule has 1 aliphatic rings. The SMILES string of the molecule is CCOC(C1CC1)C(CCc1ccsc1)NN. The average molecular weight is 254 g/mol. The minimum atomic E-state index is 0.280. The molecule has 3 N–H and O–H groups in total. The van der Waals surface area contributed by atoms with Gasteiger partial charge in [0.05, 0.1) is 6.10 Å². The van der Waals surface area contributed by atoms with Gasteiger partial charge in [0.1, 0.15) is 0 Å². The van der Waals surface area contributed by atoms with Crippen molar-refractivity contribution in [2.45, 2.75) is 44.8 Å². The van der Waals surface area contributed by atoms with Crippen molar-refractivity contribution in [1.82, 2.24) is 5.43 Å². The van der Waals surface area contributed by atoms with Crippen LogP contribution in [-0.4, -0.2) is 18.8 Å². The Bertz CT molecular complexity index is 311. The second-order valence-corrected chi connectivity index (χ2v) is 5.48. The summed E-state index contributed by atoms with van der Waals surface area (Å²) in [5.41, 5.74) is 4.35. The fourth-order valence-corrected chi connectivity index (χ4v) is 3.00. The van der Waals surface area contributed by atoms with Crippen LogP contribution in [0.1, 0.15) is 31.7 Å². The number of hydrogen-bond donors (Lipinski definition) is 2. The summed E-state index contributed by atoms with van der Waals surface area (Å²) in [6, 6.07) is 2.47. The third-order valence-corrected chi connectivity index (χ3v) is 4.11. The van der Waals surface area contributed by atoms with Gasteiger partial charge in [0, 0.05) is 12.6 Å². The Labute approximate surface area is 107 Å². The van der Waals surface area contributed by atoms with Gasteiger partial charge in [0.25, 0.3) is 0 Å². The molecular weight excluding hydrogens is 232 g/mol. The number of hydrazine groups is 1. The predicted molar refractivity (Wildman–Crippen MR) is 71.9 cm³/mol. The quantitative estimate of drug-likeness (QED) is 0.553. The highest BCUT2D eigenvalue weighted by Crippen LogP contribution is 2.36. The van der Waals surface area contributed by atoms with Gasteiger partial charge >= 0.3 is 0 Å². The maximum absolute atomic E-state index is 5.85. The molecule has 1 aromatic heterocycles. The van der Waals surface area contributed by atoms with Crippen molar-refractivity contribution in [2.75, 3.05) is 6.61 Å². The molecule has 3 nitrogen and oxygen atoms in total. The third kappa shape index (κ3) is 3.78. The molecule has 0 saturated heterocycles. The molecule has 2 unspecified atom stereocenters. The minimum absolute atomic E-state index is 0.280. The van der Waals surface area contributed by atoms with Gasteiger partial charge in [-0.15, -0.1) is 0 Å². The summed E-state index contributed by atoms with van der Waals surface area (Å²) in [6.07, 6.45) is 5.01. The molecule has 1 fully saturated rings. The lowest BCUT2D eigenvalue weighted by molar-refractivity contribution is 0.0171. The number of ether oxygens (including phenoxy) is 1. The molecule has 17 heavy (non-hydrogen) atoms. The number of rotatable bonds is 8. The number of aryl methyl sites for hydroxylation is 1. The first-order chi connectivity index (χ1) is 8.35. The van der Waals surface area contributed by atoms with Gasteiger partial charge in [-0.1, -0.05) is 0 Å². The van der Waals surface area contributed by atoms with E-state index in [1.54, 1.807) is 11.3 Å². The first kappa shape index (κ1) is 13.0. The third-order valence-electron chi connectivity index (χ3n) is 3.38. The van der Waals surface area contributed by atoms with Crippen molar-refractivity contribution in [2.24, 2.45) is 11.8 Å². The summed E-state index contributed by atoms with van der Waals surface area (Å²) in [5.74, 6) is 6.40. The smallest absolute Gasteiger partial charge is 0.0769 e. The molecule has 2 rings (SSSR count). The van der Waals surface area contributed by atoms with E-state index in [1.807, 2.05) is 0 Å². The lowest BCUT2D eigenvalue weighted by atomic mass is 10.00. The lowest BCUT2D eigenvalue weighted by Crippen LogP contribution is -2.46. The van der Waals surface area contributed by atoms with E-state index in [-0.39, 0.29) is 6.04 Å². The summed E-state index contributed by atoms with van der Waals surface area (Å²) >= 11 is 1.75. The van der Waals surface area contributed by atoms with Crippen LogP contribution in [0.15, 0.2) is 16.8 Å². The highest BCUT2D eigenvalue weighted by Gasteiger charge is 2.36. The second kappa shape index (κ2) is 6.50. The van der Waals surface area contributed by atoms with Crippen LogP contribution in [0.2, 0.25) is 0 Å². The molecule has 2 atom stereocenters. The zero-order valence-corrected chi connectivity index (χ0v) is 11.2. The Morgan fingerprint density at radius 1 is 1.59 bits per heavy atom. The maximum Gasteiger partial charge on any atom is 0.0769 e. The molecule has 1 aromatic rings. The van der Waals surface area contributed by atoms with Gasteiger partial charge in [-0.25, -0.2) is 0 Å². The van der Waals surface area contributed by atoms with Crippen LogP contribution in [0.3, 0.4) is 0 Å². The van der Waals surface area contributed by atoms with Crippen molar-refractivity contribution in [3.05, 3.63) is 22.4 Å². The molecule has 0 radical (unpaired) electrons. The normalized spacial score (nSPS) is 19.2. The van der Waals surface area contributed by atoms with E-state index in [2.05, 4.69) is 29.2 Å². The summed E-state index contributed by atoms with van der Waals surface area (Å²) in [5, 5.41) is 4.33. The van der Waals surface area contributed by atoms with Gasteiger partial charge in [-0.05, 0) is 60.9 Å². The first-order valence-corrected chi connectivity index (χ1v) is 7.38. The van der Waals surface area contributed by atoms with E-state index in [9.17, 15) is 0 Å². The monoisotopic (exact) mass is 254 g/mol. The van der Waals surface area contributed by atoms with Gasteiger partial charge in [-0.2, -0.15) is 11.3 Å². The van der Waals surface area contributed by atoms with Crippen molar-refractivity contribution < 1.29 is 4.74 Å². The van der Waals surface area contributed by atoms with E-state index in [1.165, 1.54) is 18.4 Å². The highest BCUT2D eigenvalue weighted by atomic mass is 32.1. The maximum atomic E-state index is 5.85. The largest absolute Gasteiger partial charge is 0.377 e. The molecular formula is C13H22N2OS. The van der Waals surface area contributed by atoms with E-state index in [0.29, 0.717) is 6.10 Å². The standard InChI is InChI=1S/C13H22N2OS/c1-2-16-13(11-4-5-11)12(15-14)6-3-10-7-8-17-9-10/h7-9,11-13,15H,2-6,14H2,1H3. The van der Waals surface area contributed by atoms with Gasteiger partial charge in [0.15, 0.2) is 0 Å². The van der Waals surface area contributed by atoms with Crippen LogP contribution in [0.4, 0.5) is 0 Å². The van der Waals surface area contributed by atoms with Gasteiger partial charge < -0.3 is 4.74 Å². The van der Waals surface area contributed by atoms with Crippen LogP contribution in [0.25, 0.3) is 0 Å². The number of nitrogens with two attached hydrogens (primary N) is 1. The molecule has 1 aliphatic carbocycles. The minimum Gasteiger partial charge on any atom is -0.377 e. The molecule has 0 bridgehead atoms. The van der Waals surface area contributed by atoms with Crippen molar-refractivity contribution in [1.29, 1.82) is 0 Å². The Morgan fingerprint density at radius 2 is 2.41 bits per heavy atom. The van der Waals surface area contributed by atoms with E-state index >= 15 is 0 Å². The zero-order chi connectivity index (χ0) is 12.1. The summed E-state index contributed by atoms with van der Waals surface area (Å²) in [7, 11) is 0.